The van der Waals surface area contributed by atoms with Crippen LogP contribution in [0.3, 0.4) is 0 Å². The first-order valence-electron chi connectivity index (χ1n) is 7.56. The van der Waals surface area contributed by atoms with Gasteiger partial charge in [0, 0.05) is 0 Å². The van der Waals surface area contributed by atoms with E-state index in [4.69, 9.17) is 10.2 Å². The quantitative estimate of drug-likeness (QED) is 0.608. The molecule has 2 rings (SSSR count). The highest BCUT2D eigenvalue weighted by molar-refractivity contribution is 5.90. The van der Waals surface area contributed by atoms with Crippen molar-refractivity contribution in [2.45, 2.75) is 0 Å². The first-order chi connectivity index (χ1) is 12.5. The Hall–Kier alpha value is -3.54. The van der Waals surface area contributed by atoms with Gasteiger partial charge in [-0.1, -0.05) is 60.7 Å². The summed E-state index contributed by atoms with van der Waals surface area (Å²) >= 11 is 0. The topological polar surface area (TPSA) is 93.1 Å². The summed E-state index contributed by atoms with van der Waals surface area (Å²) < 4.78 is 9.35. The maximum absolute atomic E-state index is 10.5. The average Bonchev–Trinajstić information content (AvgIpc) is 2.66. The van der Waals surface area contributed by atoms with Crippen LogP contribution >= 0.6 is 0 Å². The van der Waals surface area contributed by atoms with Gasteiger partial charge in [0.2, 0.25) is 11.5 Å². The summed E-state index contributed by atoms with van der Waals surface area (Å²) in [6.07, 6.45) is 2.95. The number of methoxy groups -OCH3 is 2. The SMILES string of the molecule is COC(=Cc1ccccc1)C(=O)O.COC(=Cc1ccccc1)C(=O)O. The fraction of sp³-hybridized carbons (Fsp3) is 0.100. The van der Waals surface area contributed by atoms with E-state index in [1.54, 1.807) is 0 Å². The number of carboxylic acids is 2. The van der Waals surface area contributed by atoms with E-state index in [2.05, 4.69) is 9.47 Å². The lowest BCUT2D eigenvalue weighted by Gasteiger charge is -1.99. The van der Waals surface area contributed by atoms with Crippen LogP contribution in [0.25, 0.3) is 12.2 Å². The standard InChI is InChI=1S/2C10H10O3/c2*1-13-9(10(11)12)7-8-5-3-2-4-6-8/h2*2-7H,1H3,(H,11,12). The summed E-state index contributed by atoms with van der Waals surface area (Å²) in [5.74, 6) is -2.25. The molecule has 0 fully saturated rings. The largest absolute Gasteiger partial charge is 0.490 e. The van der Waals surface area contributed by atoms with E-state index in [1.165, 1.54) is 26.4 Å². The Bertz CT molecular complexity index is 696. The van der Waals surface area contributed by atoms with Gasteiger partial charge in [0.05, 0.1) is 14.2 Å². The minimum absolute atomic E-state index is 0.0637. The van der Waals surface area contributed by atoms with Crippen molar-refractivity contribution in [2.75, 3.05) is 14.2 Å². The molecule has 0 aliphatic heterocycles. The molecule has 2 aromatic carbocycles. The highest BCUT2D eigenvalue weighted by Gasteiger charge is 2.06. The van der Waals surface area contributed by atoms with E-state index in [0.717, 1.165) is 11.1 Å². The lowest BCUT2D eigenvalue weighted by Crippen LogP contribution is -2.01. The molecule has 26 heavy (non-hydrogen) atoms. The van der Waals surface area contributed by atoms with Gasteiger partial charge in [0.1, 0.15) is 0 Å². The normalized spacial score (nSPS) is 11.0. The second-order valence-corrected chi connectivity index (χ2v) is 4.86. The van der Waals surface area contributed by atoms with Crippen LogP contribution < -0.4 is 0 Å². The highest BCUT2D eigenvalue weighted by atomic mass is 16.5. The van der Waals surface area contributed by atoms with Gasteiger partial charge in [0.25, 0.3) is 0 Å². The molecular weight excluding hydrogens is 336 g/mol. The molecule has 0 spiro atoms. The Balaban J connectivity index is 0.000000260. The Morgan fingerprint density at radius 3 is 1.23 bits per heavy atom. The van der Waals surface area contributed by atoms with E-state index in [0.29, 0.717) is 0 Å². The fourth-order valence-electron chi connectivity index (χ4n) is 1.82. The molecule has 0 saturated carbocycles. The second-order valence-electron chi connectivity index (χ2n) is 4.86. The minimum Gasteiger partial charge on any atom is -0.490 e. The lowest BCUT2D eigenvalue weighted by molar-refractivity contribution is -0.136. The zero-order valence-electron chi connectivity index (χ0n) is 14.5. The van der Waals surface area contributed by atoms with Crippen molar-refractivity contribution in [3.05, 3.63) is 83.3 Å². The van der Waals surface area contributed by atoms with Crippen molar-refractivity contribution in [1.82, 2.24) is 0 Å². The number of aliphatic carboxylic acids is 2. The Kier molecular flexibility index (Phi) is 8.75. The molecule has 0 unspecified atom stereocenters. The summed E-state index contributed by atoms with van der Waals surface area (Å²) in [5.41, 5.74) is 1.61. The van der Waals surface area contributed by atoms with Crippen molar-refractivity contribution in [3.63, 3.8) is 0 Å². The van der Waals surface area contributed by atoms with Gasteiger partial charge in [-0.2, -0.15) is 0 Å². The van der Waals surface area contributed by atoms with Gasteiger partial charge in [-0.15, -0.1) is 0 Å². The van der Waals surface area contributed by atoms with Crippen LogP contribution in [0, 0.1) is 0 Å². The van der Waals surface area contributed by atoms with Crippen LogP contribution in [0.1, 0.15) is 11.1 Å². The van der Waals surface area contributed by atoms with E-state index < -0.39 is 11.9 Å². The molecule has 0 heterocycles. The summed E-state index contributed by atoms with van der Waals surface area (Å²) in [5, 5.41) is 17.3. The van der Waals surface area contributed by atoms with E-state index in [9.17, 15) is 9.59 Å². The maximum atomic E-state index is 10.5. The molecule has 0 aromatic heterocycles. The number of rotatable bonds is 6. The van der Waals surface area contributed by atoms with Gasteiger partial charge in [0.15, 0.2) is 0 Å². The molecule has 0 radical (unpaired) electrons. The maximum Gasteiger partial charge on any atom is 0.371 e. The van der Waals surface area contributed by atoms with E-state index >= 15 is 0 Å². The number of hydrogen-bond donors (Lipinski definition) is 2. The van der Waals surface area contributed by atoms with Gasteiger partial charge in [-0.3, -0.25) is 0 Å². The highest BCUT2D eigenvalue weighted by Crippen LogP contribution is 2.07. The zero-order chi connectivity index (χ0) is 19.4. The molecule has 6 nitrogen and oxygen atoms in total. The molecule has 2 aromatic rings. The molecule has 6 heteroatoms. The van der Waals surface area contributed by atoms with Crippen LogP contribution in [-0.4, -0.2) is 36.4 Å². The molecule has 0 atom stereocenters. The molecule has 136 valence electrons. The number of hydrogen-bond acceptors (Lipinski definition) is 4. The van der Waals surface area contributed by atoms with Crippen molar-refractivity contribution >= 4 is 24.1 Å². The van der Waals surface area contributed by atoms with Crippen molar-refractivity contribution in [3.8, 4) is 0 Å². The molecule has 0 saturated heterocycles. The third-order valence-corrected chi connectivity index (χ3v) is 3.06. The fourth-order valence-corrected chi connectivity index (χ4v) is 1.82. The third kappa shape index (κ3) is 7.35. The van der Waals surface area contributed by atoms with E-state index in [1.807, 2.05) is 60.7 Å². The number of ether oxygens (including phenoxy) is 2. The smallest absolute Gasteiger partial charge is 0.371 e. The number of benzene rings is 2. The van der Waals surface area contributed by atoms with Crippen LogP contribution in [0.5, 0.6) is 0 Å². The van der Waals surface area contributed by atoms with Gasteiger partial charge in [-0.05, 0) is 23.3 Å². The number of carboxylic acid groups (broad SMARTS) is 2. The first-order valence-corrected chi connectivity index (χ1v) is 7.56. The van der Waals surface area contributed by atoms with Crippen molar-refractivity contribution < 1.29 is 29.3 Å². The average molecular weight is 356 g/mol. The Morgan fingerprint density at radius 2 is 1.00 bits per heavy atom. The van der Waals surface area contributed by atoms with Gasteiger partial charge >= 0.3 is 11.9 Å². The molecule has 0 aliphatic carbocycles. The van der Waals surface area contributed by atoms with Crippen molar-refractivity contribution in [1.29, 1.82) is 0 Å². The lowest BCUT2D eigenvalue weighted by atomic mass is 10.2. The molecule has 0 bridgehead atoms. The zero-order valence-corrected chi connectivity index (χ0v) is 14.5. The third-order valence-electron chi connectivity index (χ3n) is 3.06. The first kappa shape index (κ1) is 20.5. The van der Waals surface area contributed by atoms with Crippen LogP contribution in [0.2, 0.25) is 0 Å². The summed E-state index contributed by atoms with van der Waals surface area (Å²) in [6.45, 7) is 0. The minimum atomic E-state index is -1.06. The van der Waals surface area contributed by atoms with Gasteiger partial charge < -0.3 is 19.7 Å². The summed E-state index contributed by atoms with van der Waals surface area (Å²) in [4.78, 5) is 21.1. The molecular formula is C20H20O6. The molecule has 0 amide bonds. The Morgan fingerprint density at radius 1 is 0.692 bits per heavy atom. The Labute approximate surface area is 151 Å². The van der Waals surface area contributed by atoms with Crippen LogP contribution in [0.15, 0.2) is 72.2 Å². The summed E-state index contributed by atoms with van der Waals surface area (Å²) in [7, 11) is 2.67. The molecule has 2 N–H and O–H groups in total. The van der Waals surface area contributed by atoms with Crippen LogP contribution in [0.4, 0.5) is 0 Å². The van der Waals surface area contributed by atoms with Crippen LogP contribution in [-0.2, 0) is 19.1 Å². The molecule has 0 aliphatic rings. The monoisotopic (exact) mass is 356 g/mol. The van der Waals surface area contributed by atoms with Crippen molar-refractivity contribution in [2.24, 2.45) is 0 Å². The van der Waals surface area contributed by atoms with Gasteiger partial charge in [-0.25, -0.2) is 9.59 Å². The second kappa shape index (κ2) is 11.1. The van der Waals surface area contributed by atoms with E-state index in [-0.39, 0.29) is 11.5 Å². The predicted octanol–water partition coefficient (Wildman–Crippen LogP) is 3.52. The predicted molar refractivity (Wildman–Crippen MR) is 98.1 cm³/mol. The number of carbonyl (C=O) groups is 2. The summed E-state index contributed by atoms with van der Waals surface area (Å²) in [6, 6.07) is 18.3.